The molecule has 1 fully saturated rings. The van der Waals surface area contributed by atoms with E-state index in [1.807, 2.05) is 0 Å². The van der Waals surface area contributed by atoms with Gasteiger partial charge in [0.25, 0.3) is 11.8 Å². The average molecular weight is 369 g/mol. The van der Waals surface area contributed by atoms with E-state index in [9.17, 15) is 18.8 Å². The molecule has 27 heavy (non-hydrogen) atoms. The van der Waals surface area contributed by atoms with Crippen LogP contribution >= 0.6 is 0 Å². The number of anilines is 1. The van der Waals surface area contributed by atoms with Crippen molar-refractivity contribution in [2.75, 3.05) is 18.4 Å². The lowest BCUT2D eigenvalue weighted by atomic mass is 10.2. The summed E-state index contributed by atoms with van der Waals surface area (Å²) in [7, 11) is 0. The highest BCUT2D eigenvalue weighted by molar-refractivity contribution is 5.97. The van der Waals surface area contributed by atoms with Crippen molar-refractivity contribution < 1.29 is 18.8 Å². The smallest absolute Gasteiger partial charge is 0.254 e. The number of nitrogens with one attached hydrogen (secondary N) is 3. The summed E-state index contributed by atoms with van der Waals surface area (Å²) in [5, 5.41) is 8.03. The highest BCUT2D eigenvalue weighted by atomic mass is 19.1. The van der Waals surface area contributed by atoms with E-state index in [-0.39, 0.29) is 36.4 Å². The second-order valence-electron chi connectivity index (χ2n) is 6.33. The van der Waals surface area contributed by atoms with Crippen molar-refractivity contribution in [1.29, 1.82) is 0 Å². The minimum Gasteiger partial charge on any atom is -0.350 e. The molecule has 0 atom stereocenters. The fraction of sp³-hybridized carbons (Fsp3) is 0.250. The zero-order valence-corrected chi connectivity index (χ0v) is 14.6. The predicted molar refractivity (Wildman–Crippen MR) is 98.9 cm³/mol. The molecule has 0 aromatic heterocycles. The van der Waals surface area contributed by atoms with E-state index in [0.29, 0.717) is 11.3 Å². The van der Waals surface area contributed by atoms with E-state index in [1.54, 1.807) is 30.3 Å². The Balaban J connectivity index is 1.42. The van der Waals surface area contributed by atoms with Gasteiger partial charge in [-0.3, -0.25) is 14.4 Å². The van der Waals surface area contributed by atoms with Crippen LogP contribution in [0.5, 0.6) is 0 Å². The lowest BCUT2D eigenvalue weighted by Crippen LogP contribution is -2.35. The molecule has 1 saturated carbocycles. The van der Waals surface area contributed by atoms with Gasteiger partial charge in [-0.1, -0.05) is 12.1 Å². The number of benzene rings is 2. The van der Waals surface area contributed by atoms with Gasteiger partial charge in [-0.2, -0.15) is 0 Å². The summed E-state index contributed by atoms with van der Waals surface area (Å²) in [5.74, 6) is -1.29. The van der Waals surface area contributed by atoms with Crippen molar-refractivity contribution in [2.45, 2.75) is 12.8 Å². The van der Waals surface area contributed by atoms with Gasteiger partial charge >= 0.3 is 0 Å². The van der Waals surface area contributed by atoms with Crippen LogP contribution in [0.2, 0.25) is 0 Å². The summed E-state index contributed by atoms with van der Waals surface area (Å²) in [6.07, 6.45) is 1.86. The van der Waals surface area contributed by atoms with Crippen LogP contribution in [0, 0.1) is 11.7 Å². The monoisotopic (exact) mass is 369 g/mol. The number of hydrogen-bond acceptors (Lipinski definition) is 3. The first-order valence-corrected chi connectivity index (χ1v) is 8.76. The lowest BCUT2D eigenvalue weighted by molar-refractivity contribution is -0.117. The topological polar surface area (TPSA) is 87.3 Å². The van der Waals surface area contributed by atoms with Gasteiger partial charge in [0.05, 0.1) is 5.56 Å². The van der Waals surface area contributed by atoms with Gasteiger partial charge in [0.1, 0.15) is 5.82 Å². The Morgan fingerprint density at radius 2 is 1.52 bits per heavy atom. The summed E-state index contributed by atoms with van der Waals surface area (Å²) < 4.78 is 13.5. The number of amides is 3. The molecule has 0 heterocycles. The first-order chi connectivity index (χ1) is 13.0. The third kappa shape index (κ3) is 5.13. The molecule has 0 spiro atoms. The molecular formula is C20H20FN3O3. The minimum atomic E-state index is -0.590. The van der Waals surface area contributed by atoms with E-state index in [1.165, 1.54) is 18.2 Å². The normalized spacial score (nSPS) is 12.9. The number of halogens is 1. The third-order valence-corrected chi connectivity index (χ3v) is 4.18. The van der Waals surface area contributed by atoms with Crippen LogP contribution in [-0.4, -0.2) is 30.8 Å². The number of carbonyl (C=O) groups is 3. The molecular weight excluding hydrogens is 349 g/mol. The Morgan fingerprint density at radius 1 is 0.889 bits per heavy atom. The molecule has 0 radical (unpaired) electrons. The Bertz CT molecular complexity index is 848. The van der Waals surface area contributed by atoms with Gasteiger partial charge in [0.2, 0.25) is 5.91 Å². The first kappa shape index (κ1) is 18.6. The van der Waals surface area contributed by atoms with Crippen LogP contribution in [0.4, 0.5) is 10.1 Å². The second-order valence-corrected chi connectivity index (χ2v) is 6.33. The van der Waals surface area contributed by atoms with Crippen molar-refractivity contribution in [3.63, 3.8) is 0 Å². The summed E-state index contributed by atoms with van der Waals surface area (Å²) >= 11 is 0. The molecule has 0 saturated heterocycles. The van der Waals surface area contributed by atoms with Crippen LogP contribution < -0.4 is 16.0 Å². The van der Waals surface area contributed by atoms with E-state index in [2.05, 4.69) is 16.0 Å². The summed E-state index contributed by atoms with van der Waals surface area (Å²) in [6, 6.07) is 12.3. The third-order valence-electron chi connectivity index (χ3n) is 4.18. The second kappa shape index (κ2) is 8.44. The molecule has 0 aliphatic heterocycles. The summed E-state index contributed by atoms with van der Waals surface area (Å²) in [5.41, 5.74) is 1.06. The standard InChI is InChI=1S/C20H20FN3O3/c21-17-4-2-1-3-16(17)20(27)23-12-11-22-18(25)13-7-9-15(10-8-13)24-19(26)14-5-6-14/h1-4,7-10,14H,5-6,11-12H2,(H,22,25)(H,23,27)(H,24,26). The van der Waals surface area contributed by atoms with E-state index in [0.717, 1.165) is 12.8 Å². The maximum absolute atomic E-state index is 13.5. The molecule has 0 bridgehead atoms. The highest BCUT2D eigenvalue weighted by Gasteiger charge is 2.29. The quantitative estimate of drug-likeness (QED) is 0.655. The van der Waals surface area contributed by atoms with Crippen molar-refractivity contribution in [2.24, 2.45) is 5.92 Å². The summed E-state index contributed by atoms with van der Waals surface area (Å²) in [6.45, 7) is 0.383. The van der Waals surface area contributed by atoms with E-state index < -0.39 is 11.7 Å². The van der Waals surface area contributed by atoms with Gasteiger partial charge in [0.15, 0.2) is 0 Å². The first-order valence-electron chi connectivity index (χ1n) is 8.76. The molecule has 2 aromatic carbocycles. The fourth-order valence-electron chi connectivity index (χ4n) is 2.49. The molecule has 1 aliphatic carbocycles. The van der Waals surface area contributed by atoms with Crippen molar-refractivity contribution in [1.82, 2.24) is 10.6 Å². The Labute approximate surface area is 156 Å². The maximum atomic E-state index is 13.5. The number of hydrogen-bond donors (Lipinski definition) is 3. The predicted octanol–water partition coefficient (Wildman–Crippen LogP) is 2.33. The minimum absolute atomic E-state index is 0.0118. The van der Waals surface area contributed by atoms with E-state index in [4.69, 9.17) is 0 Å². The van der Waals surface area contributed by atoms with Gasteiger partial charge in [-0.25, -0.2) is 4.39 Å². The van der Waals surface area contributed by atoms with Crippen LogP contribution in [0.3, 0.4) is 0 Å². The number of rotatable bonds is 7. The van der Waals surface area contributed by atoms with Crippen molar-refractivity contribution in [3.8, 4) is 0 Å². The maximum Gasteiger partial charge on any atom is 0.254 e. The SMILES string of the molecule is O=C(NCCNC(=O)c1ccccc1F)c1ccc(NC(=O)C2CC2)cc1. The molecule has 3 amide bonds. The van der Waals surface area contributed by atoms with Crippen LogP contribution in [0.25, 0.3) is 0 Å². The Hall–Kier alpha value is -3.22. The zero-order chi connectivity index (χ0) is 19.2. The molecule has 7 heteroatoms. The van der Waals surface area contributed by atoms with Gasteiger partial charge in [0, 0.05) is 30.3 Å². The fourth-order valence-corrected chi connectivity index (χ4v) is 2.49. The van der Waals surface area contributed by atoms with Gasteiger partial charge in [-0.15, -0.1) is 0 Å². The highest BCUT2D eigenvalue weighted by Crippen LogP contribution is 2.30. The molecule has 3 rings (SSSR count). The zero-order valence-electron chi connectivity index (χ0n) is 14.6. The molecule has 140 valence electrons. The van der Waals surface area contributed by atoms with Crippen LogP contribution in [0.15, 0.2) is 48.5 Å². The van der Waals surface area contributed by atoms with Crippen molar-refractivity contribution in [3.05, 3.63) is 65.5 Å². The average Bonchev–Trinajstić information content (AvgIpc) is 3.51. The molecule has 3 N–H and O–H groups in total. The summed E-state index contributed by atoms with van der Waals surface area (Å²) in [4.78, 5) is 35.7. The van der Waals surface area contributed by atoms with Crippen LogP contribution in [0.1, 0.15) is 33.6 Å². The van der Waals surface area contributed by atoms with Crippen LogP contribution in [-0.2, 0) is 4.79 Å². The molecule has 1 aliphatic rings. The number of carbonyl (C=O) groups excluding carboxylic acids is 3. The Morgan fingerprint density at radius 3 is 2.15 bits per heavy atom. The largest absolute Gasteiger partial charge is 0.350 e. The van der Waals surface area contributed by atoms with Gasteiger partial charge in [-0.05, 0) is 49.2 Å². The van der Waals surface area contributed by atoms with E-state index >= 15 is 0 Å². The van der Waals surface area contributed by atoms with Crippen molar-refractivity contribution >= 4 is 23.4 Å². The molecule has 0 unspecified atom stereocenters. The molecule has 6 nitrogen and oxygen atoms in total. The Kier molecular flexibility index (Phi) is 5.80. The van der Waals surface area contributed by atoms with Gasteiger partial charge < -0.3 is 16.0 Å². The lowest BCUT2D eigenvalue weighted by Gasteiger charge is -2.09. The molecule has 2 aromatic rings.